The molecular weight excluding hydrogens is 326 g/mol. The van der Waals surface area contributed by atoms with E-state index in [4.69, 9.17) is 0 Å². The number of rotatable bonds is 5. The molecule has 2 heterocycles. The van der Waals surface area contributed by atoms with E-state index in [1.165, 1.54) is 38.5 Å². The smallest absolute Gasteiger partial charge is 0.222 e. The third-order valence-electron chi connectivity index (χ3n) is 6.78. The molecule has 148 valence electrons. The summed E-state index contributed by atoms with van der Waals surface area (Å²) in [7, 11) is 0. The number of nitrogens with one attached hydrogen (secondary N) is 1. The maximum absolute atomic E-state index is 12.8. The Morgan fingerprint density at radius 3 is 2.27 bits per heavy atom. The van der Waals surface area contributed by atoms with Crippen molar-refractivity contribution >= 4 is 11.8 Å². The molecule has 0 aromatic carbocycles. The minimum Gasteiger partial charge on any atom is -0.341 e. The van der Waals surface area contributed by atoms with Gasteiger partial charge in [0.25, 0.3) is 0 Å². The highest BCUT2D eigenvalue weighted by molar-refractivity contribution is 5.78. The predicted molar refractivity (Wildman–Crippen MR) is 104 cm³/mol. The van der Waals surface area contributed by atoms with Crippen LogP contribution in [0.15, 0.2) is 0 Å². The molecule has 0 aromatic heterocycles. The molecule has 0 spiro atoms. The molecule has 3 fully saturated rings. The first kappa shape index (κ1) is 19.7. The Morgan fingerprint density at radius 2 is 1.62 bits per heavy atom. The van der Waals surface area contributed by atoms with Crippen LogP contribution in [0.4, 0.5) is 0 Å². The summed E-state index contributed by atoms with van der Waals surface area (Å²) in [5.41, 5.74) is 0. The van der Waals surface area contributed by atoms with Gasteiger partial charge in [-0.25, -0.2) is 0 Å². The first-order chi connectivity index (χ1) is 12.6. The number of carbonyl (C=O) groups is 2. The van der Waals surface area contributed by atoms with Gasteiger partial charge in [0, 0.05) is 39.0 Å². The molecule has 3 rings (SSSR count). The molecule has 1 saturated carbocycles. The van der Waals surface area contributed by atoms with E-state index in [2.05, 4.69) is 12.2 Å². The van der Waals surface area contributed by atoms with Crippen molar-refractivity contribution in [2.24, 2.45) is 17.8 Å². The summed E-state index contributed by atoms with van der Waals surface area (Å²) >= 11 is 0. The quantitative estimate of drug-likeness (QED) is 0.817. The minimum atomic E-state index is 0.285. The maximum Gasteiger partial charge on any atom is 0.222 e. The van der Waals surface area contributed by atoms with Crippen LogP contribution in [0.1, 0.15) is 64.7 Å². The molecule has 2 unspecified atom stereocenters. The van der Waals surface area contributed by atoms with E-state index >= 15 is 0 Å². The normalized spacial score (nSPS) is 26.6. The molecule has 2 amide bonds. The van der Waals surface area contributed by atoms with Crippen LogP contribution >= 0.6 is 0 Å². The summed E-state index contributed by atoms with van der Waals surface area (Å²) in [4.78, 5) is 29.4. The molecule has 2 aliphatic heterocycles. The molecule has 2 saturated heterocycles. The van der Waals surface area contributed by atoms with Crippen molar-refractivity contribution in [2.75, 3.05) is 39.3 Å². The fraction of sp³-hybridized carbons (Fsp3) is 0.905. The Balaban J connectivity index is 1.43. The number of hydrogen-bond acceptors (Lipinski definition) is 3. The molecule has 0 bridgehead atoms. The topological polar surface area (TPSA) is 52.7 Å². The van der Waals surface area contributed by atoms with Crippen molar-refractivity contribution in [2.45, 2.75) is 64.7 Å². The van der Waals surface area contributed by atoms with Crippen LogP contribution in [0.25, 0.3) is 0 Å². The Morgan fingerprint density at radius 1 is 0.923 bits per heavy atom. The van der Waals surface area contributed by atoms with Crippen molar-refractivity contribution in [3.8, 4) is 0 Å². The van der Waals surface area contributed by atoms with Gasteiger partial charge in [0.15, 0.2) is 0 Å². The lowest BCUT2D eigenvalue weighted by Gasteiger charge is -2.30. The predicted octanol–water partition coefficient (Wildman–Crippen LogP) is 2.65. The standard InChI is InChI=1S/C21H37N3O2/c1-17(19-8-4-9-22-16-19)14-20(25)23-10-5-11-24(13-12-23)21(26)15-18-6-2-3-7-18/h17-19,22H,2-16H2,1H3. The summed E-state index contributed by atoms with van der Waals surface area (Å²) < 4.78 is 0. The van der Waals surface area contributed by atoms with Crippen LogP contribution in [0.3, 0.4) is 0 Å². The number of amides is 2. The monoisotopic (exact) mass is 363 g/mol. The zero-order valence-electron chi connectivity index (χ0n) is 16.5. The second-order valence-electron chi connectivity index (χ2n) is 8.76. The molecule has 26 heavy (non-hydrogen) atoms. The van der Waals surface area contributed by atoms with Crippen molar-refractivity contribution in [1.29, 1.82) is 0 Å². The summed E-state index contributed by atoms with van der Waals surface area (Å²) in [6, 6.07) is 0. The van der Waals surface area contributed by atoms with Gasteiger partial charge in [-0.3, -0.25) is 9.59 Å². The first-order valence-electron chi connectivity index (χ1n) is 10.9. The second kappa shape index (κ2) is 9.72. The van der Waals surface area contributed by atoms with Gasteiger partial charge in [0.2, 0.25) is 11.8 Å². The van der Waals surface area contributed by atoms with Crippen molar-refractivity contribution < 1.29 is 9.59 Å². The van der Waals surface area contributed by atoms with Gasteiger partial charge in [0.05, 0.1) is 0 Å². The zero-order valence-corrected chi connectivity index (χ0v) is 16.5. The second-order valence-corrected chi connectivity index (χ2v) is 8.76. The lowest BCUT2D eigenvalue weighted by molar-refractivity contribution is -0.134. The van der Waals surface area contributed by atoms with Gasteiger partial charge in [-0.2, -0.15) is 0 Å². The number of carbonyl (C=O) groups excluding carboxylic acids is 2. The number of nitrogens with zero attached hydrogens (tertiary/aromatic N) is 2. The van der Waals surface area contributed by atoms with E-state index < -0.39 is 0 Å². The summed E-state index contributed by atoms with van der Waals surface area (Å²) in [5.74, 6) is 2.28. The number of hydrogen-bond donors (Lipinski definition) is 1. The highest BCUT2D eigenvalue weighted by Gasteiger charge is 2.27. The summed E-state index contributed by atoms with van der Waals surface area (Å²) in [5, 5.41) is 3.46. The van der Waals surface area contributed by atoms with Crippen LogP contribution in [-0.4, -0.2) is 60.9 Å². The van der Waals surface area contributed by atoms with Gasteiger partial charge in [-0.05, 0) is 62.9 Å². The van der Waals surface area contributed by atoms with Crippen molar-refractivity contribution in [3.05, 3.63) is 0 Å². The highest BCUT2D eigenvalue weighted by Crippen LogP contribution is 2.28. The van der Waals surface area contributed by atoms with Gasteiger partial charge >= 0.3 is 0 Å². The van der Waals surface area contributed by atoms with Crippen LogP contribution in [0.2, 0.25) is 0 Å². The third-order valence-corrected chi connectivity index (χ3v) is 6.78. The van der Waals surface area contributed by atoms with Crippen LogP contribution in [-0.2, 0) is 9.59 Å². The maximum atomic E-state index is 12.8. The lowest BCUT2D eigenvalue weighted by Crippen LogP contribution is -2.39. The van der Waals surface area contributed by atoms with E-state index in [0.717, 1.165) is 45.6 Å². The average Bonchev–Trinajstić information content (AvgIpc) is 3.03. The Kier molecular flexibility index (Phi) is 7.35. The zero-order chi connectivity index (χ0) is 18.4. The van der Waals surface area contributed by atoms with E-state index in [-0.39, 0.29) is 5.91 Å². The molecule has 2 atom stereocenters. The Labute approximate surface area is 158 Å². The molecule has 0 aromatic rings. The molecular formula is C21H37N3O2. The first-order valence-corrected chi connectivity index (χ1v) is 10.9. The highest BCUT2D eigenvalue weighted by atomic mass is 16.2. The van der Waals surface area contributed by atoms with E-state index in [1.54, 1.807) is 0 Å². The molecule has 5 heteroatoms. The fourth-order valence-corrected chi connectivity index (χ4v) is 4.94. The van der Waals surface area contributed by atoms with E-state index in [0.29, 0.717) is 36.6 Å². The van der Waals surface area contributed by atoms with Crippen molar-refractivity contribution in [1.82, 2.24) is 15.1 Å². The van der Waals surface area contributed by atoms with Gasteiger partial charge in [-0.15, -0.1) is 0 Å². The van der Waals surface area contributed by atoms with Crippen LogP contribution < -0.4 is 5.32 Å². The molecule has 1 aliphatic carbocycles. The molecule has 1 N–H and O–H groups in total. The molecule has 5 nitrogen and oxygen atoms in total. The molecule has 3 aliphatic rings. The van der Waals surface area contributed by atoms with Gasteiger partial charge < -0.3 is 15.1 Å². The summed E-state index contributed by atoms with van der Waals surface area (Å²) in [6.45, 7) is 7.46. The van der Waals surface area contributed by atoms with Crippen LogP contribution in [0.5, 0.6) is 0 Å². The Hall–Kier alpha value is -1.10. The summed E-state index contributed by atoms with van der Waals surface area (Å²) in [6.07, 6.45) is 9.78. The fourth-order valence-electron chi connectivity index (χ4n) is 4.94. The van der Waals surface area contributed by atoms with Gasteiger partial charge in [-0.1, -0.05) is 19.8 Å². The SMILES string of the molecule is CC(CC(=O)N1CCCN(C(=O)CC2CCCC2)CC1)C1CCCNC1. The average molecular weight is 364 g/mol. The third kappa shape index (κ3) is 5.45. The number of piperidine rings is 1. The van der Waals surface area contributed by atoms with Crippen LogP contribution in [0, 0.1) is 17.8 Å². The minimum absolute atomic E-state index is 0.285. The largest absolute Gasteiger partial charge is 0.341 e. The van der Waals surface area contributed by atoms with Crippen molar-refractivity contribution in [3.63, 3.8) is 0 Å². The molecule has 0 radical (unpaired) electrons. The Bertz CT molecular complexity index is 470. The van der Waals surface area contributed by atoms with E-state index in [9.17, 15) is 9.59 Å². The lowest BCUT2D eigenvalue weighted by atomic mass is 9.85. The van der Waals surface area contributed by atoms with E-state index in [1.807, 2.05) is 9.80 Å². The van der Waals surface area contributed by atoms with Gasteiger partial charge in [0.1, 0.15) is 0 Å².